The zero-order valence-electron chi connectivity index (χ0n) is 17.5. The molecule has 4 amide bonds. The molecule has 0 spiro atoms. The van der Waals surface area contributed by atoms with E-state index in [4.69, 9.17) is 16.6 Å². The molecule has 0 aliphatic rings. The Morgan fingerprint density at radius 2 is 1.52 bits per heavy atom. The molecule has 0 aliphatic carbocycles. The van der Waals surface area contributed by atoms with E-state index >= 15 is 0 Å². The summed E-state index contributed by atoms with van der Waals surface area (Å²) in [5.74, 6) is -4.53. The fourth-order valence-electron chi connectivity index (χ4n) is 2.60. The number of aliphatic carboxylic acids is 1. The second kappa shape index (κ2) is 12.3. The standard InChI is InChI=1S/C20H29N5O6/c1-11(2)17(22)20(31)25-13(8-12-6-4-3-5-7-12)19(30)24-14(9-15(21)26)18(29)23-10-16(27)28/h3-7,11,13-14,17H,8-10,22H2,1-2H3,(H2,21,26)(H,23,29)(H,24,30)(H,25,31)(H,27,28). The van der Waals surface area contributed by atoms with Gasteiger partial charge in [-0.25, -0.2) is 0 Å². The van der Waals surface area contributed by atoms with Gasteiger partial charge in [0, 0.05) is 6.42 Å². The smallest absolute Gasteiger partial charge is 0.322 e. The number of rotatable bonds is 12. The van der Waals surface area contributed by atoms with Gasteiger partial charge in [-0.05, 0) is 11.5 Å². The van der Waals surface area contributed by atoms with Gasteiger partial charge in [0.1, 0.15) is 18.6 Å². The molecule has 3 atom stereocenters. The number of benzene rings is 1. The van der Waals surface area contributed by atoms with Crippen LogP contribution in [0.2, 0.25) is 0 Å². The average molecular weight is 435 g/mol. The minimum absolute atomic E-state index is 0.100. The molecule has 1 aromatic rings. The number of carbonyl (C=O) groups is 5. The molecule has 3 unspecified atom stereocenters. The quantitative estimate of drug-likeness (QED) is 0.224. The van der Waals surface area contributed by atoms with Crippen LogP contribution in [0.5, 0.6) is 0 Å². The number of amides is 4. The second-order valence-electron chi connectivity index (χ2n) is 7.36. The fourth-order valence-corrected chi connectivity index (χ4v) is 2.60. The third-order valence-corrected chi connectivity index (χ3v) is 4.39. The molecule has 0 aromatic heterocycles. The van der Waals surface area contributed by atoms with Crippen LogP contribution >= 0.6 is 0 Å². The van der Waals surface area contributed by atoms with Gasteiger partial charge in [-0.1, -0.05) is 44.2 Å². The lowest BCUT2D eigenvalue weighted by molar-refractivity contribution is -0.138. The van der Waals surface area contributed by atoms with E-state index in [0.29, 0.717) is 0 Å². The molecule has 1 rings (SSSR count). The molecular weight excluding hydrogens is 406 g/mol. The predicted octanol–water partition coefficient (Wildman–Crippen LogP) is -1.74. The fraction of sp³-hybridized carbons (Fsp3) is 0.450. The highest BCUT2D eigenvalue weighted by molar-refractivity contribution is 5.95. The van der Waals surface area contributed by atoms with Crippen molar-refractivity contribution in [2.24, 2.45) is 17.4 Å². The van der Waals surface area contributed by atoms with Gasteiger partial charge in [0.05, 0.1) is 12.5 Å². The summed E-state index contributed by atoms with van der Waals surface area (Å²) < 4.78 is 0. The van der Waals surface area contributed by atoms with E-state index in [1.54, 1.807) is 44.2 Å². The Kier molecular flexibility index (Phi) is 10.1. The summed E-state index contributed by atoms with van der Waals surface area (Å²) in [4.78, 5) is 59.5. The van der Waals surface area contributed by atoms with Crippen molar-refractivity contribution in [2.45, 2.75) is 44.8 Å². The third kappa shape index (κ3) is 9.26. The Morgan fingerprint density at radius 3 is 2.03 bits per heavy atom. The van der Waals surface area contributed by atoms with Gasteiger partial charge in [-0.2, -0.15) is 0 Å². The molecule has 0 bridgehead atoms. The van der Waals surface area contributed by atoms with Crippen LogP contribution < -0.4 is 27.4 Å². The zero-order chi connectivity index (χ0) is 23.6. The first-order chi connectivity index (χ1) is 14.5. The Bertz CT molecular complexity index is 799. The van der Waals surface area contributed by atoms with Crippen LogP contribution in [-0.2, 0) is 30.4 Å². The van der Waals surface area contributed by atoms with E-state index in [-0.39, 0.29) is 12.3 Å². The lowest BCUT2D eigenvalue weighted by Crippen LogP contribution is -2.57. The molecule has 11 nitrogen and oxygen atoms in total. The van der Waals surface area contributed by atoms with Crippen LogP contribution in [0, 0.1) is 5.92 Å². The maximum Gasteiger partial charge on any atom is 0.322 e. The summed E-state index contributed by atoms with van der Waals surface area (Å²) >= 11 is 0. The lowest BCUT2D eigenvalue weighted by Gasteiger charge is -2.24. The van der Waals surface area contributed by atoms with E-state index in [0.717, 1.165) is 5.56 Å². The van der Waals surface area contributed by atoms with Gasteiger partial charge in [-0.3, -0.25) is 24.0 Å². The van der Waals surface area contributed by atoms with E-state index in [1.165, 1.54) is 0 Å². The number of nitrogens with one attached hydrogen (secondary N) is 3. The van der Waals surface area contributed by atoms with Crippen molar-refractivity contribution in [2.75, 3.05) is 6.54 Å². The molecule has 0 radical (unpaired) electrons. The molecule has 8 N–H and O–H groups in total. The normalized spacial score (nSPS) is 13.5. The summed E-state index contributed by atoms with van der Waals surface area (Å²) in [7, 11) is 0. The second-order valence-corrected chi connectivity index (χ2v) is 7.36. The largest absolute Gasteiger partial charge is 0.480 e. The summed E-state index contributed by atoms with van der Waals surface area (Å²) in [6, 6.07) is 5.49. The van der Waals surface area contributed by atoms with E-state index < -0.39 is 60.7 Å². The molecule has 0 fully saturated rings. The lowest BCUT2D eigenvalue weighted by atomic mass is 10.0. The van der Waals surface area contributed by atoms with Crippen LogP contribution in [0.1, 0.15) is 25.8 Å². The summed E-state index contributed by atoms with van der Waals surface area (Å²) in [5.41, 5.74) is 11.7. The topological polar surface area (TPSA) is 194 Å². The van der Waals surface area contributed by atoms with Crippen LogP contribution in [0.25, 0.3) is 0 Å². The third-order valence-electron chi connectivity index (χ3n) is 4.39. The maximum absolute atomic E-state index is 12.9. The van der Waals surface area contributed by atoms with Gasteiger partial charge >= 0.3 is 5.97 Å². The number of primary amides is 1. The Labute approximate surface area is 179 Å². The van der Waals surface area contributed by atoms with Gasteiger partial charge < -0.3 is 32.5 Å². The van der Waals surface area contributed by atoms with Crippen molar-refractivity contribution < 1.29 is 29.1 Å². The molecule has 11 heteroatoms. The van der Waals surface area contributed by atoms with Crippen molar-refractivity contribution in [1.29, 1.82) is 0 Å². The van der Waals surface area contributed by atoms with E-state index in [9.17, 15) is 24.0 Å². The number of nitrogens with two attached hydrogens (primary N) is 2. The zero-order valence-corrected chi connectivity index (χ0v) is 17.5. The van der Waals surface area contributed by atoms with Crippen LogP contribution in [-0.4, -0.2) is 59.4 Å². The van der Waals surface area contributed by atoms with Gasteiger partial charge in [0.15, 0.2) is 0 Å². The first-order valence-corrected chi connectivity index (χ1v) is 9.69. The maximum atomic E-state index is 12.9. The Balaban J connectivity index is 3.02. The molecule has 0 aliphatic heterocycles. The highest BCUT2D eigenvalue weighted by atomic mass is 16.4. The van der Waals surface area contributed by atoms with Crippen molar-refractivity contribution in [3.63, 3.8) is 0 Å². The number of hydrogen-bond acceptors (Lipinski definition) is 6. The molecule has 170 valence electrons. The van der Waals surface area contributed by atoms with Crippen LogP contribution in [0.3, 0.4) is 0 Å². The molecule has 1 aromatic carbocycles. The molecule has 0 saturated carbocycles. The summed E-state index contributed by atoms with van der Waals surface area (Å²) in [6.45, 7) is 2.82. The highest BCUT2D eigenvalue weighted by Crippen LogP contribution is 2.06. The molecule has 31 heavy (non-hydrogen) atoms. The van der Waals surface area contributed by atoms with Gasteiger partial charge in [-0.15, -0.1) is 0 Å². The van der Waals surface area contributed by atoms with Gasteiger partial charge in [0.25, 0.3) is 0 Å². The summed E-state index contributed by atoms with van der Waals surface area (Å²) in [6.07, 6.45) is -0.446. The average Bonchev–Trinajstić information content (AvgIpc) is 2.70. The van der Waals surface area contributed by atoms with Crippen LogP contribution in [0.4, 0.5) is 0 Å². The predicted molar refractivity (Wildman–Crippen MR) is 111 cm³/mol. The summed E-state index contributed by atoms with van der Waals surface area (Å²) in [5, 5.41) is 15.7. The van der Waals surface area contributed by atoms with E-state index in [2.05, 4.69) is 16.0 Å². The minimum Gasteiger partial charge on any atom is -0.480 e. The molecular formula is C20H29N5O6. The SMILES string of the molecule is CC(C)C(N)C(=O)NC(Cc1ccccc1)C(=O)NC(CC(N)=O)C(=O)NCC(=O)O. The van der Waals surface area contributed by atoms with Crippen molar-refractivity contribution in [1.82, 2.24) is 16.0 Å². The number of carboxylic acid groups (broad SMARTS) is 1. The van der Waals surface area contributed by atoms with Crippen molar-refractivity contribution in [3.05, 3.63) is 35.9 Å². The van der Waals surface area contributed by atoms with Crippen molar-refractivity contribution in [3.8, 4) is 0 Å². The number of carbonyl (C=O) groups excluding carboxylic acids is 4. The molecule has 0 saturated heterocycles. The van der Waals surface area contributed by atoms with E-state index in [1.807, 2.05) is 0 Å². The minimum atomic E-state index is -1.40. The number of carboxylic acids is 1. The Hall–Kier alpha value is -3.47. The van der Waals surface area contributed by atoms with Crippen LogP contribution in [0.15, 0.2) is 30.3 Å². The highest BCUT2D eigenvalue weighted by Gasteiger charge is 2.30. The first-order valence-electron chi connectivity index (χ1n) is 9.69. The monoisotopic (exact) mass is 435 g/mol. The first kappa shape index (κ1) is 25.6. The number of hydrogen-bond donors (Lipinski definition) is 6. The van der Waals surface area contributed by atoms with Gasteiger partial charge in [0.2, 0.25) is 23.6 Å². The van der Waals surface area contributed by atoms with Crippen molar-refractivity contribution >= 4 is 29.6 Å². The molecule has 0 heterocycles. The Morgan fingerprint density at radius 1 is 0.935 bits per heavy atom.